The number of aliphatic imine (C=N–C) groups is 1. The molecule has 9 heteroatoms. The molecule has 0 amide bonds. The summed E-state index contributed by atoms with van der Waals surface area (Å²) in [4.78, 5) is 27.0. The predicted octanol–water partition coefficient (Wildman–Crippen LogP) is 0.822. The Morgan fingerprint density at radius 3 is 2.90 bits per heavy atom. The molecule has 0 aliphatic carbocycles. The van der Waals surface area contributed by atoms with Crippen molar-refractivity contribution in [2.24, 2.45) is 16.5 Å². The van der Waals surface area contributed by atoms with Gasteiger partial charge in [-0.3, -0.25) is 4.79 Å². The molecule has 2 aromatic heterocycles. The molecular weight excluding hydrogens is 278 g/mol. The number of nitrogens with one attached hydrogen (secondary N) is 2. The van der Waals surface area contributed by atoms with Gasteiger partial charge in [0.25, 0.3) is 0 Å². The molecule has 2 heterocycles. The van der Waals surface area contributed by atoms with Gasteiger partial charge in [-0.1, -0.05) is 0 Å². The Hall–Kier alpha value is -2.42. The van der Waals surface area contributed by atoms with E-state index in [1.165, 1.54) is 17.5 Å². The first kappa shape index (κ1) is 14.0. The third-order valence-electron chi connectivity index (χ3n) is 2.20. The van der Waals surface area contributed by atoms with Crippen LogP contribution < -0.4 is 16.8 Å². The Balaban J connectivity index is 2.16. The van der Waals surface area contributed by atoms with Crippen molar-refractivity contribution in [3.63, 3.8) is 0 Å². The number of nitrogens with zero attached hydrogens (tertiary/aromatic N) is 3. The SMILES string of the molecule is CC(C)Nc1ncc(C(=O)c2csc(N=C(N)N)n2)[nH]1. The summed E-state index contributed by atoms with van der Waals surface area (Å²) in [5.41, 5.74) is 11.1. The van der Waals surface area contributed by atoms with E-state index in [1.54, 1.807) is 5.38 Å². The Labute approximate surface area is 119 Å². The van der Waals surface area contributed by atoms with Gasteiger partial charge in [0, 0.05) is 11.4 Å². The molecule has 20 heavy (non-hydrogen) atoms. The summed E-state index contributed by atoms with van der Waals surface area (Å²) in [5.74, 6) is 0.189. The molecule has 0 aliphatic heterocycles. The van der Waals surface area contributed by atoms with Crippen LogP contribution in [0.25, 0.3) is 0 Å². The summed E-state index contributed by atoms with van der Waals surface area (Å²) in [6.07, 6.45) is 1.46. The Morgan fingerprint density at radius 2 is 2.25 bits per heavy atom. The van der Waals surface area contributed by atoms with E-state index in [0.29, 0.717) is 16.8 Å². The molecule has 0 bridgehead atoms. The number of anilines is 1. The molecule has 0 atom stereocenters. The number of guanidine groups is 1. The van der Waals surface area contributed by atoms with Gasteiger partial charge in [-0.15, -0.1) is 11.3 Å². The van der Waals surface area contributed by atoms with Crippen LogP contribution in [0.15, 0.2) is 16.6 Å². The molecule has 0 spiro atoms. The second-order valence-corrected chi connectivity index (χ2v) is 5.16. The van der Waals surface area contributed by atoms with E-state index in [0.717, 1.165) is 0 Å². The van der Waals surface area contributed by atoms with Crippen molar-refractivity contribution < 1.29 is 4.79 Å². The lowest BCUT2D eigenvalue weighted by molar-refractivity contribution is 0.103. The van der Waals surface area contributed by atoms with Gasteiger partial charge < -0.3 is 21.8 Å². The van der Waals surface area contributed by atoms with Crippen molar-refractivity contribution in [2.45, 2.75) is 19.9 Å². The van der Waals surface area contributed by atoms with Crippen LogP contribution in [0.1, 0.15) is 30.0 Å². The maximum absolute atomic E-state index is 12.2. The number of nitrogens with two attached hydrogens (primary N) is 2. The minimum atomic E-state index is -0.261. The highest BCUT2D eigenvalue weighted by atomic mass is 32.1. The maximum atomic E-state index is 12.2. The van der Waals surface area contributed by atoms with Gasteiger partial charge in [-0.05, 0) is 13.8 Å². The maximum Gasteiger partial charge on any atom is 0.230 e. The van der Waals surface area contributed by atoms with Gasteiger partial charge >= 0.3 is 0 Å². The molecule has 8 nitrogen and oxygen atoms in total. The Kier molecular flexibility index (Phi) is 3.99. The quantitative estimate of drug-likeness (QED) is 0.366. The van der Waals surface area contributed by atoms with Crippen LogP contribution in [0, 0.1) is 0 Å². The normalized spacial score (nSPS) is 10.6. The summed E-state index contributed by atoms with van der Waals surface area (Å²) >= 11 is 1.19. The third kappa shape index (κ3) is 3.32. The van der Waals surface area contributed by atoms with Crippen LogP contribution in [0.5, 0.6) is 0 Å². The van der Waals surface area contributed by atoms with E-state index >= 15 is 0 Å². The minimum Gasteiger partial charge on any atom is -0.370 e. The van der Waals surface area contributed by atoms with Crippen LogP contribution in [0.2, 0.25) is 0 Å². The topological polar surface area (TPSA) is 135 Å². The van der Waals surface area contributed by atoms with E-state index in [1.807, 2.05) is 13.8 Å². The van der Waals surface area contributed by atoms with Crippen molar-refractivity contribution in [3.8, 4) is 0 Å². The lowest BCUT2D eigenvalue weighted by Crippen LogP contribution is -2.21. The molecule has 0 fully saturated rings. The summed E-state index contributed by atoms with van der Waals surface area (Å²) in [7, 11) is 0. The average Bonchev–Trinajstić information content (AvgIpc) is 2.96. The zero-order valence-electron chi connectivity index (χ0n) is 11.0. The molecular formula is C11H15N7OS. The third-order valence-corrected chi connectivity index (χ3v) is 2.93. The van der Waals surface area contributed by atoms with Crippen molar-refractivity contribution >= 4 is 34.2 Å². The van der Waals surface area contributed by atoms with Crippen molar-refractivity contribution in [1.29, 1.82) is 0 Å². The molecule has 2 rings (SSSR count). The monoisotopic (exact) mass is 293 g/mol. The number of rotatable bonds is 5. The van der Waals surface area contributed by atoms with E-state index in [2.05, 4.69) is 25.3 Å². The molecule has 2 aromatic rings. The lowest BCUT2D eigenvalue weighted by atomic mass is 10.2. The molecule has 0 radical (unpaired) electrons. The first-order valence-corrected chi connectivity index (χ1v) is 6.75. The molecule has 0 aliphatic rings. The summed E-state index contributed by atoms with van der Waals surface area (Å²) in [6.45, 7) is 3.96. The number of aromatic amines is 1. The molecule has 0 unspecified atom stereocenters. The Morgan fingerprint density at radius 1 is 1.50 bits per heavy atom. The van der Waals surface area contributed by atoms with Crippen LogP contribution in [0.3, 0.4) is 0 Å². The van der Waals surface area contributed by atoms with Crippen molar-refractivity contribution in [1.82, 2.24) is 15.0 Å². The second kappa shape index (κ2) is 5.70. The van der Waals surface area contributed by atoms with Crippen LogP contribution in [0.4, 0.5) is 11.1 Å². The minimum absolute atomic E-state index is 0.0942. The standard InChI is InChI=1S/C11H15N7OS/c1-5(2)15-10-14-3-6(16-10)8(19)7-4-20-11(17-7)18-9(12)13/h3-5H,1-2H3,(H2,14,15,16)(H4,12,13,17,18). The fourth-order valence-electron chi connectivity index (χ4n) is 1.45. The van der Waals surface area contributed by atoms with Crippen molar-refractivity contribution in [2.75, 3.05) is 5.32 Å². The fourth-order valence-corrected chi connectivity index (χ4v) is 2.14. The average molecular weight is 293 g/mol. The lowest BCUT2D eigenvalue weighted by Gasteiger charge is -2.04. The molecule has 0 aromatic carbocycles. The van der Waals surface area contributed by atoms with Crippen LogP contribution in [-0.2, 0) is 0 Å². The molecule has 0 saturated carbocycles. The zero-order chi connectivity index (χ0) is 14.7. The molecule has 0 saturated heterocycles. The van der Waals surface area contributed by atoms with Gasteiger partial charge in [0.1, 0.15) is 11.4 Å². The number of ketones is 1. The highest BCUT2D eigenvalue weighted by Crippen LogP contribution is 2.20. The number of imidazole rings is 1. The number of aromatic nitrogens is 3. The van der Waals surface area contributed by atoms with Gasteiger partial charge in [0.2, 0.25) is 16.9 Å². The van der Waals surface area contributed by atoms with Gasteiger partial charge in [0.05, 0.1) is 6.20 Å². The number of hydrogen-bond acceptors (Lipinski definition) is 6. The van der Waals surface area contributed by atoms with E-state index in [4.69, 9.17) is 11.5 Å². The Bertz CT molecular complexity index is 639. The largest absolute Gasteiger partial charge is 0.370 e. The highest BCUT2D eigenvalue weighted by Gasteiger charge is 2.16. The zero-order valence-corrected chi connectivity index (χ0v) is 11.9. The summed E-state index contributed by atoms with van der Waals surface area (Å²) < 4.78 is 0. The van der Waals surface area contributed by atoms with Gasteiger partial charge in [-0.25, -0.2) is 9.97 Å². The van der Waals surface area contributed by atoms with Gasteiger partial charge in [-0.2, -0.15) is 4.99 Å². The first-order valence-electron chi connectivity index (χ1n) is 5.87. The fraction of sp³-hybridized carbons (Fsp3) is 0.273. The number of hydrogen-bond donors (Lipinski definition) is 4. The van der Waals surface area contributed by atoms with E-state index < -0.39 is 0 Å². The van der Waals surface area contributed by atoms with Crippen molar-refractivity contribution in [3.05, 3.63) is 23.0 Å². The van der Waals surface area contributed by atoms with Crippen LogP contribution >= 0.6 is 11.3 Å². The number of carbonyl (C=O) groups is 1. The number of thiazole rings is 1. The van der Waals surface area contributed by atoms with Gasteiger partial charge in [0.15, 0.2) is 5.96 Å². The van der Waals surface area contributed by atoms with E-state index in [9.17, 15) is 4.79 Å². The predicted molar refractivity (Wildman–Crippen MR) is 78.4 cm³/mol. The number of carbonyl (C=O) groups excluding carboxylic acids is 1. The summed E-state index contributed by atoms with van der Waals surface area (Å²) in [6, 6.07) is 0.219. The van der Waals surface area contributed by atoms with E-state index in [-0.39, 0.29) is 23.5 Å². The summed E-state index contributed by atoms with van der Waals surface area (Å²) in [5, 5.41) is 5.01. The number of H-pyrrole nitrogens is 1. The van der Waals surface area contributed by atoms with Crippen LogP contribution in [-0.4, -0.2) is 32.7 Å². The first-order chi connectivity index (χ1) is 9.45. The molecule has 106 valence electrons. The molecule has 6 N–H and O–H groups in total. The highest BCUT2D eigenvalue weighted by molar-refractivity contribution is 7.13. The smallest absolute Gasteiger partial charge is 0.230 e. The second-order valence-electron chi connectivity index (χ2n) is 4.33.